The molecular weight excluding hydrogens is 332 g/mol. The van der Waals surface area contributed by atoms with Crippen molar-refractivity contribution in [1.82, 2.24) is 0 Å². The van der Waals surface area contributed by atoms with Gasteiger partial charge in [0.15, 0.2) is 8.32 Å². The van der Waals surface area contributed by atoms with Crippen molar-refractivity contribution in [3.63, 3.8) is 0 Å². The van der Waals surface area contributed by atoms with Gasteiger partial charge in [0.1, 0.15) is 23.7 Å². The molecule has 25 heavy (non-hydrogen) atoms. The van der Waals surface area contributed by atoms with Crippen molar-refractivity contribution < 1.29 is 19.0 Å². The number of hydrogen-bond donors (Lipinski definition) is 1. The van der Waals surface area contributed by atoms with Gasteiger partial charge in [-0.25, -0.2) is 0 Å². The number of aliphatic hydroxyl groups is 1. The normalized spacial score (nSPS) is 16.0. The van der Waals surface area contributed by atoms with E-state index in [0.717, 1.165) is 11.5 Å². The van der Waals surface area contributed by atoms with Crippen LogP contribution in [0.2, 0.25) is 18.1 Å². The number of rotatable bonds is 9. The Morgan fingerprint density at radius 2 is 1.68 bits per heavy atom. The number of benzene rings is 1. The summed E-state index contributed by atoms with van der Waals surface area (Å²) in [5, 5.41) is 10.6. The molecule has 0 unspecified atom stereocenters. The fraction of sp³-hybridized carbons (Fsp3) is 0.600. The van der Waals surface area contributed by atoms with E-state index in [1.54, 1.807) is 13.2 Å². The molecule has 0 aliphatic rings. The Balaban J connectivity index is 2.95. The Kier molecular flexibility index (Phi) is 7.72. The largest absolute Gasteiger partial charge is 0.497 e. The third-order valence-electron chi connectivity index (χ3n) is 4.87. The summed E-state index contributed by atoms with van der Waals surface area (Å²) < 4.78 is 17.7. The molecule has 0 aromatic heterocycles. The van der Waals surface area contributed by atoms with Crippen molar-refractivity contribution in [1.29, 1.82) is 0 Å². The zero-order valence-corrected chi connectivity index (χ0v) is 17.7. The van der Waals surface area contributed by atoms with E-state index in [1.807, 2.05) is 31.2 Å². The van der Waals surface area contributed by atoms with Gasteiger partial charge in [-0.3, -0.25) is 0 Å². The van der Waals surface area contributed by atoms with Crippen molar-refractivity contribution in [3.05, 3.63) is 36.9 Å². The van der Waals surface area contributed by atoms with Crippen LogP contribution in [0, 0.1) is 0 Å². The highest BCUT2D eigenvalue weighted by Crippen LogP contribution is 2.38. The van der Waals surface area contributed by atoms with Gasteiger partial charge >= 0.3 is 0 Å². The van der Waals surface area contributed by atoms with E-state index < -0.39 is 20.5 Å². The molecule has 0 aliphatic heterocycles. The first-order valence-corrected chi connectivity index (χ1v) is 11.7. The van der Waals surface area contributed by atoms with Gasteiger partial charge in [-0.05, 0) is 55.7 Å². The SMILES string of the molecule is C=CC[C@@H](O)[C@H](O[Si](C)(C)C(C)(C)C)[C@H](C)Oc1ccc(OC)cc1. The predicted octanol–water partition coefficient (Wildman–Crippen LogP) is 4.79. The summed E-state index contributed by atoms with van der Waals surface area (Å²) in [4.78, 5) is 0. The molecule has 0 heterocycles. The van der Waals surface area contributed by atoms with Gasteiger partial charge in [0.2, 0.25) is 0 Å². The summed E-state index contributed by atoms with van der Waals surface area (Å²) in [5.74, 6) is 1.50. The average Bonchev–Trinajstić information content (AvgIpc) is 2.52. The lowest BCUT2D eigenvalue weighted by Crippen LogP contribution is -2.51. The molecule has 0 radical (unpaired) electrons. The van der Waals surface area contributed by atoms with E-state index in [4.69, 9.17) is 13.9 Å². The van der Waals surface area contributed by atoms with Crippen molar-refractivity contribution in [2.24, 2.45) is 0 Å². The smallest absolute Gasteiger partial charge is 0.192 e. The number of ether oxygens (including phenoxy) is 2. The fourth-order valence-corrected chi connectivity index (χ4v) is 3.63. The molecule has 0 aliphatic carbocycles. The number of methoxy groups -OCH3 is 1. The van der Waals surface area contributed by atoms with Crippen molar-refractivity contribution >= 4 is 8.32 Å². The van der Waals surface area contributed by atoms with Crippen molar-refractivity contribution in [2.75, 3.05) is 7.11 Å². The molecule has 0 bridgehead atoms. The highest BCUT2D eigenvalue weighted by Gasteiger charge is 2.42. The van der Waals surface area contributed by atoms with Crippen LogP contribution in [0.5, 0.6) is 11.5 Å². The van der Waals surface area contributed by atoms with Crippen LogP contribution < -0.4 is 9.47 Å². The average molecular weight is 367 g/mol. The van der Waals surface area contributed by atoms with Crippen LogP contribution in [0.4, 0.5) is 0 Å². The molecule has 5 heteroatoms. The Labute approximate surface area is 153 Å². The van der Waals surface area contributed by atoms with Gasteiger partial charge in [0, 0.05) is 0 Å². The minimum absolute atomic E-state index is 0.0545. The standard InChI is InChI=1S/C20H34O4Si/c1-9-10-18(21)19(24-25(7,8)20(3,4)5)15(2)23-17-13-11-16(22-6)12-14-17/h9,11-15,18-19,21H,1,10H2,2-8H3/t15-,18+,19+/m0/s1. The topological polar surface area (TPSA) is 47.9 Å². The number of hydrogen-bond acceptors (Lipinski definition) is 4. The second kappa shape index (κ2) is 8.88. The first-order chi connectivity index (χ1) is 11.5. The van der Waals surface area contributed by atoms with Crippen LogP contribution in [0.25, 0.3) is 0 Å². The zero-order valence-electron chi connectivity index (χ0n) is 16.7. The summed E-state index contributed by atoms with van der Waals surface area (Å²) >= 11 is 0. The monoisotopic (exact) mass is 366 g/mol. The van der Waals surface area contributed by atoms with Crippen LogP contribution >= 0.6 is 0 Å². The van der Waals surface area contributed by atoms with E-state index in [0.29, 0.717) is 6.42 Å². The van der Waals surface area contributed by atoms with E-state index in [9.17, 15) is 5.11 Å². The number of aliphatic hydroxyl groups excluding tert-OH is 1. The van der Waals surface area contributed by atoms with Gasteiger partial charge in [-0.2, -0.15) is 0 Å². The molecule has 1 aromatic carbocycles. The molecular formula is C20H34O4Si. The highest BCUT2D eigenvalue weighted by molar-refractivity contribution is 6.74. The Morgan fingerprint density at radius 1 is 1.16 bits per heavy atom. The highest BCUT2D eigenvalue weighted by atomic mass is 28.4. The Morgan fingerprint density at radius 3 is 2.12 bits per heavy atom. The van der Waals surface area contributed by atoms with Gasteiger partial charge < -0.3 is 19.0 Å². The lowest BCUT2D eigenvalue weighted by Gasteiger charge is -2.42. The first-order valence-electron chi connectivity index (χ1n) is 8.79. The third kappa shape index (κ3) is 6.17. The lowest BCUT2D eigenvalue weighted by atomic mass is 10.1. The molecule has 3 atom stereocenters. The zero-order chi connectivity index (χ0) is 19.3. The lowest BCUT2D eigenvalue weighted by molar-refractivity contribution is -0.0324. The quantitative estimate of drug-likeness (QED) is 0.504. The summed E-state index contributed by atoms with van der Waals surface area (Å²) in [6.07, 6.45) is 0.820. The molecule has 4 nitrogen and oxygen atoms in total. The molecule has 0 saturated heterocycles. The maximum atomic E-state index is 10.6. The maximum absolute atomic E-state index is 10.6. The van der Waals surface area contributed by atoms with Gasteiger partial charge in [0.25, 0.3) is 0 Å². The van der Waals surface area contributed by atoms with Crippen LogP contribution in [0.1, 0.15) is 34.1 Å². The molecule has 1 aromatic rings. The van der Waals surface area contributed by atoms with E-state index >= 15 is 0 Å². The van der Waals surface area contributed by atoms with Crippen LogP contribution in [0.15, 0.2) is 36.9 Å². The second-order valence-electron chi connectivity index (χ2n) is 7.93. The Bertz CT molecular complexity index is 534. The van der Waals surface area contributed by atoms with Crippen LogP contribution in [-0.2, 0) is 4.43 Å². The minimum Gasteiger partial charge on any atom is -0.497 e. The molecule has 0 saturated carbocycles. The van der Waals surface area contributed by atoms with E-state index in [2.05, 4.69) is 40.4 Å². The van der Waals surface area contributed by atoms with Gasteiger partial charge in [-0.1, -0.05) is 26.8 Å². The summed E-state index contributed by atoms with van der Waals surface area (Å²) in [6.45, 7) is 16.6. The van der Waals surface area contributed by atoms with Crippen LogP contribution in [0.3, 0.4) is 0 Å². The van der Waals surface area contributed by atoms with Gasteiger partial charge in [0.05, 0.1) is 13.2 Å². The van der Waals surface area contributed by atoms with Crippen molar-refractivity contribution in [3.8, 4) is 11.5 Å². The maximum Gasteiger partial charge on any atom is 0.192 e. The third-order valence-corrected chi connectivity index (χ3v) is 9.34. The molecule has 0 spiro atoms. The summed E-state index contributed by atoms with van der Waals surface area (Å²) in [7, 11) is -0.417. The molecule has 142 valence electrons. The van der Waals surface area contributed by atoms with Gasteiger partial charge in [-0.15, -0.1) is 6.58 Å². The van der Waals surface area contributed by atoms with E-state index in [1.165, 1.54) is 0 Å². The molecule has 0 amide bonds. The van der Waals surface area contributed by atoms with Crippen molar-refractivity contribution in [2.45, 2.75) is 70.6 Å². The summed E-state index contributed by atoms with van der Waals surface area (Å²) in [5.41, 5.74) is 0. The summed E-state index contributed by atoms with van der Waals surface area (Å²) in [6, 6.07) is 7.43. The minimum atomic E-state index is -2.05. The predicted molar refractivity (Wildman–Crippen MR) is 106 cm³/mol. The first kappa shape index (κ1) is 21.7. The fourth-order valence-electron chi connectivity index (χ4n) is 2.25. The van der Waals surface area contributed by atoms with E-state index in [-0.39, 0.29) is 11.1 Å². The molecule has 1 N–H and O–H groups in total. The molecule has 1 rings (SSSR count). The molecule has 0 fully saturated rings. The second-order valence-corrected chi connectivity index (χ2v) is 12.7. The Hall–Kier alpha value is -1.30. The van der Waals surface area contributed by atoms with Crippen LogP contribution in [-0.4, -0.2) is 38.8 Å².